The Balaban J connectivity index is 1.76. The van der Waals surface area contributed by atoms with E-state index in [0.717, 1.165) is 17.7 Å². The van der Waals surface area contributed by atoms with Crippen LogP contribution < -0.4 is 15.8 Å². The fourth-order valence-electron chi connectivity index (χ4n) is 1.84. The molecule has 1 heterocycles. The summed E-state index contributed by atoms with van der Waals surface area (Å²) < 4.78 is 6.66. The maximum Gasteiger partial charge on any atom is 0.241 e. The number of aromatic nitrogens is 2. The highest BCUT2D eigenvalue weighted by atomic mass is 16.5. The molecular formula is C14H18N4O2. The van der Waals surface area contributed by atoms with Crippen LogP contribution in [-0.4, -0.2) is 29.3 Å². The summed E-state index contributed by atoms with van der Waals surface area (Å²) in [6.45, 7) is 0.748. The summed E-state index contributed by atoms with van der Waals surface area (Å²) >= 11 is 0. The summed E-state index contributed by atoms with van der Waals surface area (Å²) in [7, 11) is 1.64. The summed E-state index contributed by atoms with van der Waals surface area (Å²) in [6.07, 6.45) is 2.43. The molecule has 0 atom stereocenters. The SMILES string of the molecule is COc1cccc(CCNC(=O)Cn2ccc(N)n2)c1. The maximum atomic E-state index is 11.7. The van der Waals surface area contributed by atoms with Crippen molar-refractivity contribution in [2.45, 2.75) is 13.0 Å². The van der Waals surface area contributed by atoms with Crippen molar-refractivity contribution < 1.29 is 9.53 Å². The molecule has 3 N–H and O–H groups in total. The van der Waals surface area contributed by atoms with Crippen LogP contribution in [0.15, 0.2) is 36.5 Å². The molecule has 0 saturated carbocycles. The van der Waals surface area contributed by atoms with Crippen LogP contribution in [0.1, 0.15) is 5.56 Å². The fourth-order valence-corrected chi connectivity index (χ4v) is 1.84. The molecule has 106 valence electrons. The Bertz CT molecular complexity index is 580. The Labute approximate surface area is 117 Å². The van der Waals surface area contributed by atoms with E-state index in [1.165, 1.54) is 4.68 Å². The van der Waals surface area contributed by atoms with Gasteiger partial charge in [0, 0.05) is 12.7 Å². The lowest BCUT2D eigenvalue weighted by Gasteiger charge is -2.07. The van der Waals surface area contributed by atoms with Gasteiger partial charge in [0.05, 0.1) is 7.11 Å². The number of nitrogen functional groups attached to an aromatic ring is 1. The average Bonchev–Trinajstić information content (AvgIpc) is 2.84. The highest BCUT2D eigenvalue weighted by Crippen LogP contribution is 2.12. The number of benzene rings is 1. The summed E-state index contributed by atoms with van der Waals surface area (Å²) in [6, 6.07) is 9.44. The first-order chi connectivity index (χ1) is 9.67. The van der Waals surface area contributed by atoms with Crippen LogP contribution in [0.2, 0.25) is 0 Å². The van der Waals surface area contributed by atoms with Crippen molar-refractivity contribution in [3.05, 3.63) is 42.1 Å². The van der Waals surface area contributed by atoms with Crippen molar-refractivity contribution in [3.63, 3.8) is 0 Å². The Kier molecular flexibility index (Phi) is 4.60. The molecule has 1 aromatic carbocycles. The molecule has 1 amide bonds. The van der Waals surface area contributed by atoms with Crippen LogP contribution in [-0.2, 0) is 17.8 Å². The molecule has 0 fully saturated rings. The van der Waals surface area contributed by atoms with Crippen LogP contribution >= 0.6 is 0 Å². The minimum Gasteiger partial charge on any atom is -0.497 e. The second-order valence-corrected chi connectivity index (χ2v) is 4.39. The lowest BCUT2D eigenvalue weighted by Crippen LogP contribution is -2.29. The minimum atomic E-state index is -0.0870. The number of ether oxygens (including phenoxy) is 1. The van der Waals surface area contributed by atoms with Crippen LogP contribution in [0.5, 0.6) is 5.75 Å². The van der Waals surface area contributed by atoms with E-state index < -0.39 is 0 Å². The van der Waals surface area contributed by atoms with Crippen LogP contribution in [0.25, 0.3) is 0 Å². The predicted molar refractivity (Wildman–Crippen MR) is 76.3 cm³/mol. The van der Waals surface area contributed by atoms with E-state index in [9.17, 15) is 4.79 Å². The van der Waals surface area contributed by atoms with Gasteiger partial charge in [0.2, 0.25) is 5.91 Å². The van der Waals surface area contributed by atoms with Crippen molar-refractivity contribution in [2.75, 3.05) is 19.4 Å². The Hall–Kier alpha value is -2.50. The molecule has 2 rings (SSSR count). The second-order valence-electron chi connectivity index (χ2n) is 4.39. The van der Waals surface area contributed by atoms with E-state index >= 15 is 0 Å². The van der Waals surface area contributed by atoms with Crippen molar-refractivity contribution >= 4 is 11.7 Å². The molecule has 20 heavy (non-hydrogen) atoms. The molecule has 2 aromatic rings. The number of nitrogens with one attached hydrogen (secondary N) is 1. The molecular weight excluding hydrogens is 256 g/mol. The fraction of sp³-hybridized carbons (Fsp3) is 0.286. The number of anilines is 1. The number of carbonyl (C=O) groups is 1. The number of methoxy groups -OCH3 is 1. The van der Waals surface area contributed by atoms with Crippen molar-refractivity contribution in [3.8, 4) is 5.75 Å². The molecule has 0 spiro atoms. The van der Waals surface area contributed by atoms with Crippen LogP contribution in [0.3, 0.4) is 0 Å². The van der Waals surface area contributed by atoms with E-state index in [2.05, 4.69) is 10.4 Å². The molecule has 0 unspecified atom stereocenters. The molecule has 0 bridgehead atoms. The number of rotatable bonds is 6. The zero-order valence-electron chi connectivity index (χ0n) is 11.4. The standard InChI is InChI=1S/C14H18N4O2/c1-20-12-4-2-3-11(9-12)5-7-16-14(19)10-18-8-6-13(15)17-18/h2-4,6,8-9H,5,7,10H2,1H3,(H2,15,17)(H,16,19). The smallest absolute Gasteiger partial charge is 0.241 e. The zero-order chi connectivity index (χ0) is 14.4. The topological polar surface area (TPSA) is 82.2 Å². The van der Waals surface area contributed by atoms with Gasteiger partial charge < -0.3 is 15.8 Å². The summed E-state index contributed by atoms with van der Waals surface area (Å²) in [5, 5.41) is 6.80. The number of hydrogen-bond acceptors (Lipinski definition) is 4. The first-order valence-electron chi connectivity index (χ1n) is 6.36. The zero-order valence-corrected chi connectivity index (χ0v) is 11.4. The van der Waals surface area contributed by atoms with Gasteiger partial charge in [0.15, 0.2) is 0 Å². The first-order valence-corrected chi connectivity index (χ1v) is 6.36. The molecule has 0 aliphatic heterocycles. The quantitative estimate of drug-likeness (QED) is 0.817. The molecule has 0 radical (unpaired) electrons. The number of hydrogen-bond donors (Lipinski definition) is 2. The van der Waals surface area contributed by atoms with Crippen LogP contribution in [0.4, 0.5) is 5.82 Å². The third kappa shape index (κ3) is 4.01. The Morgan fingerprint density at radius 3 is 3.00 bits per heavy atom. The normalized spacial score (nSPS) is 10.2. The number of amides is 1. The van der Waals surface area contributed by atoms with Gasteiger partial charge in [0.25, 0.3) is 0 Å². The first kappa shape index (κ1) is 13.9. The Morgan fingerprint density at radius 2 is 2.30 bits per heavy atom. The van der Waals surface area contributed by atoms with Gasteiger partial charge in [-0.25, -0.2) is 0 Å². The van der Waals surface area contributed by atoms with Gasteiger partial charge in [-0.1, -0.05) is 12.1 Å². The van der Waals surface area contributed by atoms with E-state index in [-0.39, 0.29) is 12.5 Å². The van der Waals surface area contributed by atoms with Gasteiger partial charge in [-0.15, -0.1) is 0 Å². The predicted octanol–water partition coefficient (Wildman–Crippen LogP) is 0.833. The minimum absolute atomic E-state index is 0.0870. The number of carbonyl (C=O) groups excluding carboxylic acids is 1. The van der Waals surface area contributed by atoms with Crippen molar-refractivity contribution in [2.24, 2.45) is 0 Å². The molecule has 6 nitrogen and oxygen atoms in total. The van der Waals surface area contributed by atoms with Gasteiger partial charge in [-0.2, -0.15) is 5.10 Å². The van der Waals surface area contributed by atoms with Crippen LogP contribution in [0, 0.1) is 0 Å². The van der Waals surface area contributed by atoms with Crippen molar-refractivity contribution in [1.82, 2.24) is 15.1 Å². The lowest BCUT2D eigenvalue weighted by atomic mass is 10.1. The third-order valence-corrected chi connectivity index (χ3v) is 2.84. The van der Waals surface area contributed by atoms with Crippen molar-refractivity contribution in [1.29, 1.82) is 0 Å². The molecule has 0 aliphatic rings. The van der Waals surface area contributed by atoms with E-state index in [4.69, 9.17) is 10.5 Å². The Morgan fingerprint density at radius 1 is 1.45 bits per heavy atom. The monoisotopic (exact) mass is 274 g/mol. The maximum absolute atomic E-state index is 11.7. The summed E-state index contributed by atoms with van der Waals surface area (Å²) in [4.78, 5) is 11.7. The lowest BCUT2D eigenvalue weighted by molar-refractivity contribution is -0.121. The van der Waals surface area contributed by atoms with Gasteiger partial charge in [-0.05, 0) is 30.2 Å². The summed E-state index contributed by atoms with van der Waals surface area (Å²) in [5.74, 6) is 1.14. The largest absolute Gasteiger partial charge is 0.497 e. The highest BCUT2D eigenvalue weighted by molar-refractivity contribution is 5.75. The van der Waals surface area contributed by atoms with E-state index in [1.807, 2.05) is 24.3 Å². The van der Waals surface area contributed by atoms with Gasteiger partial charge >= 0.3 is 0 Å². The third-order valence-electron chi connectivity index (χ3n) is 2.84. The second kappa shape index (κ2) is 6.60. The molecule has 0 saturated heterocycles. The van der Waals surface area contributed by atoms with Gasteiger partial charge in [-0.3, -0.25) is 9.48 Å². The molecule has 0 aliphatic carbocycles. The summed E-state index contributed by atoms with van der Waals surface area (Å²) in [5.41, 5.74) is 6.60. The van der Waals surface area contributed by atoms with E-state index in [1.54, 1.807) is 19.4 Å². The molecule has 6 heteroatoms. The highest BCUT2D eigenvalue weighted by Gasteiger charge is 2.03. The number of nitrogens with two attached hydrogens (primary N) is 1. The number of nitrogens with zero attached hydrogens (tertiary/aromatic N) is 2. The average molecular weight is 274 g/mol. The van der Waals surface area contributed by atoms with Gasteiger partial charge in [0.1, 0.15) is 18.1 Å². The van der Waals surface area contributed by atoms with E-state index in [0.29, 0.717) is 12.4 Å². The molecule has 1 aromatic heterocycles.